The number of likely N-dealkylation sites (N-methyl/N-ethyl adjacent to an activating group) is 1. The number of tetrazole rings is 1. The summed E-state index contributed by atoms with van der Waals surface area (Å²) >= 11 is 1.34. The van der Waals surface area contributed by atoms with Crippen LogP contribution in [-0.4, -0.2) is 103 Å². The third kappa shape index (κ3) is 5.08. The Morgan fingerprint density at radius 3 is 2.58 bits per heavy atom. The smallest absolute Gasteiger partial charge is 0.455 e. The van der Waals surface area contributed by atoms with Crippen molar-refractivity contribution in [1.29, 1.82) is 0 Å². The molecule has 4 heterocycles. The van der Waals surface area contributed by atoms with Gasteiger partial charge in [-0.15, -0.1) is 22.0 Å². The SMILES string of the molecule is C[C@@H](NC(=O)Cn1nnc(C(F)(F)F)n1)[C@H]1C(=O)N2C(C(=O)O)=C(S[C@@H]3CN[C@H](C(=O)N(C)C)C3)[C@H](C)[C@H]12. The molecule has 2 saturated heterocycles. The fourth-order valence-electron chi connectivity index (χ4n) is 5.11. The highest BCUT2D eigenvalue weighted by Crippen LogP contribution is 2.51. The first kappa shape index (κ1) is 27.8. The summed E-state index contributed by atoms with van der Waals surface area (Å²) < 4.78 is 38.0. The van der Waals surface area contributed by atoms with E-state index in [4.69, 9.17) is 0 Å². The number of rotatable bonds is 8. The van der Waals surface area contributed by atoms with Crippen molar-refractivity contribution in [3.05, 3.63) is 16.4 Å². The van der Waals surface area contributed by atoms with Crippen LogP contribution in [0.3, 0.4) is 0 Å². The Morgan fingerprint density at radius 1 is 1.32 bits per heavy atom. The quantitative estimate of drug-likeness (QED) is 0.354. The Morgan fingerprint density at radius 2 is 2.00 bits per heavy atom. The summed E-state index contributed by atoms with van der Waals surface area (Å²) in [7, 11) is 3.32. The van der Waals surface area contributed by atoms with Crippen LogP contribution in [0.5, 0.6) is 0 Å². The molecule has 0 saturated carbocycles. The average molecular weight is 561 g/mol. The van der Waals surface area contributed by atoms with Crippen molar-refractivity contribution in [2.75, 3.05) is 20.6 Å². The van der Waals surface area contributed by atoms with Gasteiger partial charge >= 0.3 is 12.1 Å². The maximum Gasteiger partial charge on any atom is 0.455 e. The van der Waals surface area contributed by atoms with E-state index in [0.717, 1.165) is 0 Å². The largest absolute Gasteiger partial charge is 0.477 e. The molecule has 0 spiro atoms. The van der Waals surface area contributed by atoms with Gasteiger partial charge in [0.15, 0.2) is 0 Å². The fourth-order valence-corrected chi connectivity index (χ4v) is 6.59. The Labute approximate surface area is 219 Å². The molecule has 1 aromatic heterocycles. The number of alkyl halides is 3. The van der Waals surface area contributed by atoms with Gasteiger partial charge in [-0.05, 0) is 18.6 Å². The van der Waals surface area contributed by atoms with Crippen molar-refractivity contribution in [2.24, 2.45) is 11.8 Å². The van der Waals surface area contributed by atoms with Crippen molar-refractivity contribution in [3.63, 3.8) is 0 Å². The molecule has 2 fully saturated rings. The third-order valence-electron chi connectivity index (χ3n) is 6.83. The lowest BCUT2D eigenvalue weighted by atomic mass is 9.78. The molecule has 4 rings (SSSR count). The molecule has 1 aromatic rings. The standard InChI is InChI=1S/C21H27F3N8O5S/c1-8-14-13(9(2)26-12(33)7-31-28-20(27-29-31)21(22,23)24)18(35)32(14)15(19(36)37)16(8)38-10-5-11(25-6-10)17(34)30(3)4/h8-11,13-14,25H,5-7H2,1-4H3,(H,26,33)(H,36,37)/t8-,9-,10+,11+,13-,14-/m1/s1. The zero-order chi connectivity index (χ0) is 28.1. The van der Waals surface area contributed by atoms with E-state index in [1.807, 2.05) is 6.92 Å². The summed E-state index contributed by atoms with van der Waals surface area (Å²) in [6.45, 7) is 3.25. The summed E-state index contributed by atoms with van der Waals surface area (Å²) in [6.07, 6.45) is -4.30. The second kappa shape index (κ2) is 10.2. The summed E-state index contributed by atoms with van der Waals surface area (Å²) in [5.41, 5.74) is -0.0961. The van der Waals surface area contributed by atoms with Gasteiger partial charge in [-0.25, -0.2) is 4.79 Å². The van der Waals surface area contributed by atoms with E-state index >= 15 is 0 Å². The number of halogens is 3. The minimum absolute atomic E-state index is 0.0700. The number of amides is 3. The predicted octanol–water partition coefficient (Wildman–Crippen LogP) is -0.479. The first-order valence-corrected chi connectivity index (χ1v) is 12.6. The maximum absolute atomic E-state index is 13.0. The molecular weight excluding hydrogens is 533 g/mol. The highest BCUT2D eigenvalue weighted by molar-refractivity contribution is 8.03. The molecule has 3 aliphatic heterocycles. The van der Waals surface area contributed by atoms with Crippen LogP contribution in [0.15, 0.2) is 10.6 Å². The van der Waals surface area contributed by atoms with E-state index in [9.17, 15) is 37.5 Å². The van der Waals surface area contributed by atoms with Gasteiger partial charge in [0, 0.05) is 42.8 Å². The van der Waals surface area contributed by atoms with E-state index in [-0.39, 0.29) is 28.8 Å². The highest BCUT2D eigenvalue weighted by atomic mass is 32.2. The van der Waals surface area contributed by atoms with Crippen LogP contribution < -0.4 is 10.6 Å². The van der Waals surface area contributed by atoms with E-state index in [0.29, 0.717) is 22.7 Å². The molecule has 0 radical (unpaired) electrons. The van der Waals surface area contributed by atoms with Crippen molar-refractivity contribution in [3.8, 4) is 0 Å². The average Bonchev–Trinajstić information content (AvgIpc) is 3.52. The van der Waals surface area contributed by atoms with E-state index in [2.05, 4.69) is 26.0 Å². The topological polar surface area (TPSA) is 163 Å². The number of hydrogen-bond acceptors (Lipinski definition) is 9. The van der Waals surface area contributed by atoms with Crippen LogP contribution in [0.25, 0.3) is 0 Å². The molecule has 0 unspecified atom stereocenters. The number of carbonyl (C=O) groups excluding carboxylic acids is 3. The van der Waals surface area contributed by atoms with Crippen LogP contribution in [0.1, 0.15) is 26.1 Å². The lowest BCUT2D eigenvalue weighted by molar-refractivity contribution is -0.158. The van der Waals surface area contributed by atoms with Crippen molar-refractivity contribution in [1.82, 2.24) is 40.6 Å². The molecule has 38 heavy (non-hydrogen) atoms. The zero-order valence-electron chi connectivity index (χ0n) is 20.9. The number of carbonyl (C=O) groups is 4. The lowest BCUT2D eigenvalue weighted by Crippen LogP contribution is -2.66. The number of nitrogens with zero attached hydrogens (tertiary/aromatic N) is 6. The Balaban J connectivity index is 1.41. The second-order valence-corrected chi connectivity index (χ2v) is 11.0. The van der Waals surface area contributed by atoms with Crippen LogP contribution in [0.2, 0.25) is 0 Å². The van der Waals surface area contributed by atoms with Crippen molar-refractivity contribution in [2.45, 2.75) is 56.4 Å². The summed E-state index contributed by atoms with van der Waals surface area (Å²) in [5, 5.41) is 24.8. The summed E-state index contributed by atoms with van der Waals surface area (Å²) in [4.78, 5) is 53.6. The minimum atomic E-state index is -4.80. The number of nitrogens with one attached hydrogen (secondary N) is 2. The molecule has 17 heteroatoms. The van der Waals surface area contributed by atoms with E-state index < -0.39 is 54.3 Å². The maximum atomic E-state index is 13.0. The van der Waals surface area contributed by atoms with E-state index in [1.54, 1.807) is 21.0 Å². The number of aliphatic carboxylic acids is 1. The first-order chi connectivity index (χ1) is 17.7. The molecule has 3 amide bonds. The van der Waals surface area contributed by atoms with E-state index in [1.165, 1.54) is 21.6 Å². The number of β-lactam (4-membered cyclic amide) rings is 1. The minimum Gasteiger partial charge on any atom is -0.477 e. The number of thioether (sulfide) groups is 1. The van der Waals surface area contributed by atoms with Crippen molar-refractivity contribution >= 4 is 35.5 Å². The van der Waals surface area contributed by atoms with Crippen LogP contribution >= 0.6 is 11.8 Å². The van der Waals surface area contributed by atoms with Gasteiger partial charge in [-0.1, -0.05) is 6.92 Å². The molecule has 3 aliphatic rings. The van der Waals surface area contributed by atoms with Gasteiger partial charge in [-0.2, -0.15) is 18.0 Å². The number of hydrogen-bond donors (Lipinski definition) is 3. The molecule has 3 N–H and O–H groups in total. The highest BCUT2D eigenvalue weighted by Gasteiger charge is 2.60. The summed E-state index contributed by atoms with van der Waals surface area (Å²) in [5.74, 6) is -5.06. The fraction of sp³-hybridized carbons (Fsp3) is 0.667. The Hall–Kier alpha value is -3.21. The lowest BCUT2D eigenvalue weighted by Gasteiger charge is -2.47. The molecular formula is C21H27F3N8O5S. The molecule has 13 nitrogen and oxygen atoms in total. The van der Waals surface area contributed by atoms with Gasteiger partial charge in [0.25, 0.3) is 5.82 Å². The normalized spacial score (nSPS) is 27.7. The molecule has 6 atom stereocenters. The molecule has 208 valence electrons. The van der Waals surface area contributed by atoms with Crippen LogP contribution in [0, 0.1) is 11.8 Å². The third-order valence-corrected chi connectivity index (χ3v) is 8.34. The Kier molecular flexibility index (Phi) is 7.44. The van der Waals surface area contributed by atoms with Gasteiger partial charge in [0.1, 0.15) is 12.2 Å². The monoisotopic (exact) mass is 560 g/mol. The molecule has 0 bridgehead atoms. The van der Waals surface area contributed by atoms with Gasteiger partial charge < -0.3 is 25.5 Å². The van der Waals surface area contributed by atoms with Crippen LogP contribution in [-0.2, 0) is 31.9 Å². The first-order valence-electron chi connectivity index (χ1n) is 11.8. The summed E-state index contributed by atoms with van der Waals surface area (Å²) in [6, 6.07) is -1.62. The molecule has 0 aliphatic carbocycles. The number of aromatic nitrogens is 4. The van der Waals surface area contributed by atoms with Gasteiger partial charge in [0.2, 0.25) is 17.7 Å². The van der Waals surface area contributed by atoms with Gasteiger partial charge in [-0.3, -0.25) is 14.4 Å². The second-order valence-electron chi connectivity index (χ2n) is 9.70. The number of fused-ring (bicyclic) bond motifs is 1. The molecule has 0 aromatic carbocycles. The van der Waals surface area contributed by atoms with Crippen LogP contribution in [0.4, 0.5) is 13.2 Å². The Bertz CT molecular complexity index is 1190. The number of carboxylic acids is 1. The number of carboxylic acid groups (broad SMARTS) is 1. The zero-order valence-corrected chi connectivity index (χ0v) is 21.7. The van der Waals surface area contributed by atoms with Crippen molar-refractivity contribution < 1.29 is 37.5 Å². The van der Waals surface area contributed by atoms with Gasteiger partial charge in [0.05, 0.1) is 18.0 Å². The predicted molar refractivity (Wildman–Crippen MR) is 125 cm³/mol.